The van der Waals surface area contributed by atoms with Crippen molar-refractivity contribution in [2.45, 2.75) is 31.8 Å². The molecule has 7 nitrogen and oxygen atoms in total. The lowest BCUT2D eigenvalue weighted by Gasteiger charge is -2.43. The number of thioether (sulfide) groups is 1. The van der Waals surface area contributed by atoms with Gasteiger partial charge in [-0.15, -0.1) is 0 Å². The lowest BCUT2D eigenvalue weighted by Crippen LogP contribution is -2.63. The summed E-state index contributed by atoms with van der Waals surface area (Å²) in [6.07, 6.45) is 2.87. The van der Waals surface area contributed by atoms with E-state index in [2.05, 4.69) is 0 Å². The van der Waals surface area contributed by atoms with Gasteiger partial charge in [0.15, 0.2) is 0 Å². The Morgan fingerprint density at radius 2 is 2.00 bits per heavy atom. The summed E-state index contributed by atoms with van der Waals surface area (Å²) in [5, 5.41) is 0. The third-order valence-electron chi connectivity index (χ3n) is 4.82. The lowest BCUT2D eigenvalue weighted by atomic mass is 9.99. The predicted octanol–water partition coefficient (Wildman–Crippen LogP) is 0.912. The molecule has 1 aromatic rings. The van der Waals surface area contributed by atoms with Crippen molar-refractivity contribution in [3.8, 4) is 0 Å². The van der Waals surface area contributed by atoms with Crippen LogP contribution in [0.5, 0.6) is 0 Å². The minimum absolute atomic E-state index is 0.146. The van der Waals surface area contributed by atoms with Crippen molar-refractivity contribution in [3.05, 3.63) is 35.9 Å². The van der Waals surface area contributed by atoms with Crippen molar-refractivity contribution >= 4 is 29.5 Å². The standard InChI is InChI=1S/C20H29N3O4S/c1-3-27-20(26)16(9-12-28-2)23-11-10-22(18(24)14-21)17(19(23)25)13-15-7-5-4-6-8-15/h4-8,16-17H,3,9-14,21H2,1-2H3/t16-,17+/m1/s1. The number of esters is 1. The predicted molar refractivity (Wildman–Crippen MR) is 110 cm³/mol. The summed E-state index contributed by atoms with van der Waals surface area (Å²) in [6, 6.07) is 8.25. The second-order valence-electron chi connectivity index (χ2n) is 6.58. The first-order valence-electron chi connectivity index (χ1n) is 9.53. The first-order valence-corrected chi connectivity index (χ1v) is 10.9. The van der Waals surface area contributed by atoms with Gasteiger partial charge in [-0.05, 0) is 30.9 Å². The molecule has 1 heterocycles. The molecule has 0 radical (unpaired) electrons. The zero-order valence-electron chi connectivity index (χ0n) is 16.5. The summed E-state index contributed by atoms with van der Waals surface area (Å²) in [5.41, 5.74) is 6.51. The van der Waals surface area contributed by atoms with Crippen LogP contribution in [0.2, 0.25) is 0 Å². The largest absolute Gasteiger partial charge is 0.464 e. The first-order chi connectivity index (χ1) is 13.5. The molecular weight excluding hydrogens is 378 g/mol. The molecule has 8 heteroatoms. The molecule has 0 aliphatic carbocycles. The zero-order chi connectivity index (χ0) is 20.5. The third-order valence-corrected chi connectivity index (χ3v) is 5.47. The Bertz CT molecular complexity index is 671. The van der Waals surface area contributed by atoms with Crippen LogP contribution in [-0.2, 0) is 25.5 Å². The molecular formula is C20H29N3O4S. The number of piperazine rings is 1. The number of carbonyl (C=O) groups excluding carboxylic acids is 3. The molecule has 1 aliphatic heterocycles. The molecule has 2 N–H and O–H groups in total. The van der Waals surface area contributed by atoms with Crippen LogP contribution in [0.4, 0.5) is 0 Å². The average molecular weight is 408 g/mol. The van der Waals surface area contributed by atoms with E-state index in [4.69, 9.17) is 10.5 Å². The van der Waals surface area contributed by atoms with Gasteiger partial charge >= 0.3 is 5.97 Å². The number of benzene rings is 1. The SMILES string of the molecule is CCOC(=O)[C@@H](CCSC)N1CCN(C(=O)CN)[C@@H](Cc2ccccc2)C1=O. The van der Waals surface area contributed by atoms with E-state index in [9.17, 15) is 14.4 Å². The molecule has 0 saturated carbocycles. The number of nitrogens with two attached hydrogens (primary N) is 1. The summed E-state index contributed by atoms with van der Waals surface area (Å²) in [7, 11) is 0. The van der Waals surface area contributed by atoms with Gasteiger partial charge in [0.05, 0.1) is 13.2 Å². The van der Waals surface area contributed by atoms with E-state index in [0.29, 0.717) is 25.9 Å². The minimum Gasteiger partial charge on any atom is -0.464 e. The summed E-state index contributed by atoms with van der Waals surface area (Å²) >= 11 is 1.62. The number of nitrogens with zero attached hydrogens (tertiary/aromatic N) is 2. The fraction of sp³-hybridized carbons (Fsp3) is 0.550. The van der Waals surface area contributed by atoms with Crippen LogP contribution in [0, 0.1) is 0 Å². The van der Waals surface area contributed by atoms with Crippen molar-refractivity contribution in [1.82, 2.24) is 9.80 Å². The summed E-state index contributed by atoms with van der Waals surface area (Å²) in [6.45, 7) is 2.53. The second-order valence-corrected chi connectivity index (χ2v) is 7.56. The van der Waals surface area contributed by atoms with Gasteiger partial charge in [-0.25, -0.2) is 4.79 Å². The highest BCUT2D eigenvalue weighted by molar-refractivity contribution is 7.98. The van der Waals surface area contributed by atoms with Crippen molar-refractivity contribution in [3.63, 3.8) is 0 Å². The molecule has 2 atom stereocenters. The van der Waals surface area contributed by atoms with Gasteiger partial charge in [0.25, 0.3) is 0 Å². The number of rotatable bonds is 9. The van der Waals surface area contributed by atoms with Gasteiger partial charge in [-0.2, -0.15) is 11.8 Å². The number of ether oxygens (including phenoxy) is 1. The summed E-state index contributed by atoms with van der Waals surface area (Å²) < 4.78 is 5.21. The Labute approximate surface area is 170 Å². The molecule has 0 unspecified atom stereocenters. The Kier molecular flexibility index (Phi) is 8.79. The van der Waals surface area contributed by atoms with Crippen LogP contribution in [-0.4, -0.2) is 77.9 Å². The molecule has 1 aromatic carbocycles. The zero-order valence-corrected chi connectivity index (χ0v) is 17.3. The van der Waals surface area contributed by atoms with Gasteiger partial charge in [0.1, 0.15) is 12.1 Å². The van der Waals surface area contributed by atoms with Crippen LogP contribution >= 0.6 is 11.8 Å². The highest BCUT2D eigenvalue weighted by Crippen LogP contribution is 2.21. The Hall–Kier alpha value is -2.06. The molecule has 154 valence electrons. The van der Waals surface area contributed by atoms with E-state index in [-0.39, 0.29) is 30.9 Å². The minimum atomic E-state index is -0.668. The summed E-state index contributed by atoms with van der Waals surface area (Å²) in [5.74, 6) is -0.133. The van der Waals surface area contributed by atoms with Crippen molar-refractivity contribution in [2.24, 2.45) is 5.73 Å². The third kappa shape index (κ3) is 5.48. The maximum absolute atomic E-state index is 13.4. The average Bonchev–Trinajstić information content (AvgIpc) is 2.71. The number of amides is 2. The lowest BCUT2D eigenvalue weighted by molar-refractivity contribution is -0.162. The van der Waals surface area contributed by atoms with Crippen LogP contribution in [0.1, 0.15) is 18.9 Å². The number of carbonyl (C=O) groups is 3. The fourth-order valence-electron chi connectivity index (χ4n) is 3.44. The number of hydrogen-bond donors (Lipinski definition) is 1. The normalized spacial score (nSPS) is 18.1. The van der Waals surface area contributed by atoms with Crippen LogP contribution in [0.3, 0.4) is 0 Å². The maximum atomic E-state index is 13.4. The van der Waals surface area contributed by atoms with Crippen molar-refractivity contribution in [2.75, 3.05) is 38.2 Å². The quantitative estimate of drug-likeness (QED) is 0.612. The van der Waals surface area contributed by atoms with E-state index in [0.717, 1.165) is 11.3 Å². The van der Waals surface area contributed by atoms with E-state index < -0.39 is 12.1 Å². The van der Waals surface area contributed by atoms with E-state index >= 15 is 0 Å². The molecule has 1 aliphatic rings. The van der Waals surface area contributed by atoms with Gasteiger partial charge in [0.2, 0.25) is 11.8 Å². The van der Waals surface area contributed by atoms with Crippen LogP contribution in [0.25, 0.3) is 0 Å². The van der Waals surface area contributed by atoms with E-state index in [1.165, 1.54) is 0 Å². The highest BCUT2D eigenvalue weighted by atomic mass is 32.2. The topological polar surface area (TPSA) is 92.9 Å². The van der Waals surface area contributed by atoms with Gasteiger partial charge in [0, 0.05) is 19.5 Å². The smallest absolute Gasteiger partial charge is 0.328 e. The van der Waals surface area contributed by atoms with E-state index in [1.54, 1.807) is 28.5 Å². The maximum Gasteiger partial charge on any atom is 0.328 e. The van der Waals surface area contributed by atoms with Crippen molar-refractivity contribution < 1.29 is 19.1 Å². The molecule has 0 aromatic heterocycles. The molecule has 0 bridgehead atoms. The van der Waals surface area contributed by atoms with Crippen LogP contribution in [0.15, 0.2) is 30.3 Å². The molecule has 2 rings (SSSR count). The summed E-state index contributed by atoms with van der Waals surface area (Å²) in [4.78, 5) is 41.3. The Balaban J connectivity index is 2.28. The molecule has 1 fully saturated rings. The molecule has 28 heavy (non-hydrogen) atoms. The molecule has 0 spiro atoms. The van der Waals surface area contributed by atoms with Crippen molar-refractivity contribution in [1.29, 1.82) is 0 Å². The van der Waals surface area contributed by atoms with E-state index in [1.807, 2.05) is 36.6 Å². The second kappa shape index (κ2) is 11.1. The number of hydrogen-bond acceptors (Lipinski definition) is 6. The Morgan fingerprint density at radius 3 is 2.61 bits per heavy atom. The first kappa shape index (κ1) is 22.2. The fourth-order valence-corrected chi connectivity index (χ4v) is 3.89. The molecule has 2 amide bonds. The monoisotopic (exact) mass is 407 g/mol. The van der Waals surface area contributed by atoms with Gasteiger partial charge in [-0.3, -0.25) is 9.59 Å². The Morgan fingerprint density at radius 1 is 1.29 bits per heavy atom. The van der Waals surface area contributed by atoms with Gasteiger partial charge < -0.3 is 20.3 Å². The molecule has 1 saturated heterocycles. The van der Waals surface area contributed by atoms with Crippen LogP contribution < -0.4 is 5.73 Å². The highest BCUT2D eigenvalue weighted by Gasteiger charge is 2.41. The van der Waals surface area contributed by atoms with Gasteiger partial charge in [-0.1, -0.05) is 30.3 Å².